The number of ether oxygens (including phenoxy) is 1. The third-order valence-corrected chi connectivity index (χ3v) is 7.90. The number of fused-ring (bicyclic) bond motifs is 2. The Hall–Kier alpha value is -2.36. The zero-order chi connectivity index (χ0) is 24.2. The van der Waals surface area contributed by atoms with Crippen molar-refractivity contribution in [3.8, 4) is 0 Å². The number of thioether (sulfide) groups is 1. The van der Waals surface area contributed by atoms with E-state index in [9.17, 15) is 14.4 Å². The first-order valence-corrected chi connectivity index (χ1v) is 13.1. The largest absolute Gasteiger partial charge is 0.469 e. The molecule has 2 aromatic rings. The molecule has 0 spiro atoms. The predicted molar refractivity (Wildman–Crippen MR) is 136 cm³/mol. The van der Waals surface area contributed by atoms with E-state index in [-0.39, 0.29) is 41.3 Å². The number of methoxy groups -OCH3 is 1. The number of nitrogens with zero attached hydrogens (tertiary/aromatic N) is 1. The second-order valence-electron chi connectivity index (χ2n) is 8.57. The molecule has 3 atom stereocenters. The van der Waals surface area contributed by atoms with Crippen LogP contribution < -0.4 is 10.9 Å². The second-order valence-corrected chi connectivity index (χ2v) is 10.7. The summed E-state index contributed by atoms with van der Waals surface area (Å²) in [5, 5.41) is 1.69. The number of para-hydroxylation sites is 1. The predicted octanol–water partition coefficient (Wildman–Crippen LogP) is 4.74. The molecule has 1 amide bonds. The lowest BCUT2D eigenvalue weighted by atomic mass is 9.88. The fraction of sp³-hybridized carbons (Fsp3) is 0.400. The van der Waals surface area contributed by atoms with Gasteiger partial charge >= 0.3 is 5.97 Å². The van der Waals surface area contributed by atoms with Gasteiger partial charge in [0.25, 0.3) is 0 Å². The third kappa shape index (κ3) is 5.47. The molecule has 0 saturated carbocycles. The van der Waals surface area contributed by atoms with Gasteiger partial charge in [-0.25, -0.2) is 0 Å². The van der Waals surface area contributed by atoms with E-state index in [1.54, 1.807) is 5.12 Å². The van der Waals surface area contributed by atoms with Crippen molar-refractivity contribution in [2.24, 2.45) is 5.92 Å². The molecule has 0 bridgehead atoms. The molecule has 0 saturated heterocycles. The van der Waals surface area contributed by atoms with Crippen LogP contribution in [-0.4, -0.2) is 35.0 Å². The van der Waals surface area contributed by atoms with E-state index in [1.165, 1.54) is 36.9 Å². The summed E-state index contributed by atoms with van der Waals surface area (Å²) >= 11 is 4.72. The van der Waals surface area contributed by atoms with Gasteiger partial charge in [-0.3, -0.25) is 19.8 Å². The van der Waals surface area contributed by atoms with Crippen LogP contribution in [0.2, 0.25) is 0 Å². The monoisotopic (exact) mass is 545 g/mol. The maximum Gasteiger partial charge on any atom is 0.305 e. The first kappa shape index (κ1) is 24.8. The number of halogens is 1. The van der Waals surface area contributed by atoms with Crippen LogP contribution in [0.25, 0.3) is 0 Å². The summed E-state index contributed by atoms with van der Waals surface area (Å²) in [6.45, 7) is 1.53. The molecule has 34 heavy (non-hydrogen) atoms. The van der Waals surface area contributed by atoms with Crippen molar-refractivity contribution < 1.29 is 19.1 Å². The lowest BCUT2D eigenvalue weighted by molar-refractivity contribution is -0.141. The van der Waals surface area contributed by atoms with Gasteiger partial charge in [0.2, 0.25) is 5.91 Å². The van der Waals surface area contributed by atoms with Gasteiger partial charge in [0.15, 0.2) is 5.12 Å². The zero-order valence-corrected chi connectivity index (χ0v) is 21.6. The van der Waals surface area contributed by atoms with Crippen molar-refractivity contribution in [1.29, 1.82) is 0 Å². The molecule has 0 aromatic heterocycles. The van der Waals surface area contributed by atoms with E-state index in [2.05, 4.69) is 38.9 Å². The SMILES string of the molecule is COC(=O)CCC1c2ccccc2NN1NC(=O)C(CSC(C)=O)C1CCc2cc(Br)ccc21. The summed E-state index contributed by atoms with van der Waals surface area (Å²) in [7, 11) is 1.37. The van der Waals surface area contributed by atoms with E-state index in [1.807, 2.05) is 30.3 Å². The highest BCUT2D eigenvalue weighted by Gasteiger charge is 2.38. The number of benzene rings is 2. The maximum atomic E-state index is 13.6. The Bertz CT molecular complexity index is 1100. The minimum Gasteiger partial charge on any atom is -0.469 e. The summed E-state index contributed by atoms with van der Waals surface area (Å²) in [4.78, 5) is 37.2. The molecule has 0 fully saturated rings. The third-order valence-electron chi connectivity index (χ3n) is 6.47. The van der Waals surface area contributed by atoms with Gasteiger partial charge in [-0.1, -0.05) is 52.0 Å². The fourth-order valence-corrected chi connectivity index (χ4v) is 6.01. The number of hydrogen-bond acceptors (Lipinski definition) is 7. The van der Waals surface area contributed by atoms with Crippen molar-refractivity contribution in [1.82, 2.24) is 10.5 Å². The summed E-state index contributed by atoms with van der Waals surface area (Å²) in [6, 6.07) is 13.8. The quantitative estimate of drug-likeness (QED) is 0.463. The topological polar surface area (TPSA) is 87.7 Å². The number of rotatable bonds is 8. The molecule has 180 valence electrons. The molecule has 3 unspecified atom stereocenters. The summed E-state index contributed by atoms with van der Waals surface area (Å²) in [5.41, 5.74) is 10.6. The van der Waals surface area contributed by atoms with E-state index >= 15 is 0 Å². The smallest absolute Gasteiger partial charge is 0.305 e. The molecule has 2 aliphatic rings. The minimum atomic E-state index is -0.372. The van der Waals surface area contributed by atoms with Gasteiger partial charge in [0, 0.05) is 23.6 Å². The lowest BCUT2D eigenvalue weighted by Gasteiger charge is -2.29. The van der Waals surface area contributed by atoms with Gasteiger partial charge in [-0.15, -0.1) is 5.12 Å². The van der Waals surface area contributed by atoms with Gasteiger partial charge in [0.1, 0.15) is 0 Å². The van der Waals surface area contributed by atoms with E-state index < -0.39 is 0 Å². The summed E-state index contributed by atoms with van der Waals surface area (Å²) in [5.74, 6) is -0.357. The van der Waals surface area contributed by atoms with Crippen LogP contribution in [0.15, 0.2) is 46.9 Å². The summed E-state index contributed by atoms with van der Waals surface area (Å²) in [6.07, 6.45) is 2.49. The van der Waals surface area contributed by atoms with Crippen molar-refractivity contribution >= 4 is 50.4 Å². The Morgan fingerprint density at radius 3 is 2.79 bits per heavy atom. The molecule has 2 N–H and O–H groups in total. The normalized spacial score (nSPS) is 19.6. The van der Waals surface area contributed by atoms with E-state index in [4.69, 9.17) is 4.74 Å². The molecule has 1 aliphatic heterocycles. The number of hydrazine groups is 2. The van der Waals surface area contributed by atoms with Crippen LogP contribution in [0.5, 0.6) is 0 Å². The Kier molecular flexibility index (Phi) is 7.95. The van der Waals surface area contributed by atoms with E-state index in [0.29, 0.717) is 12.2 Å². The number of anilines is 1. The Morgan fingerprint density at radius 2 is 2.03 bits per heavy atom. The second kappa shape index (κ2) is 10.9. The number of nitrogens with one attached hydrogen (secondary N) is 2. The molecule has 4 rings (SSSR count). The van der Waals surface area contributed by atoms with Crippen molar-refractivity contribution in [2.75, 3.05) is 18.3 Å². The van der Waals surface area contributed by atoms with Crippen LogP contribution in [-0.2, 0) is 25.5 Å². The maximum absolute atomic E-state index is 13.6. The Labute approximate surface area is 212 Å². The minimum absolute atomic E-state index is 0.00511. The van der Waals surface area contributed by atoms with Gasteiger partial charge in [0.05, 0.1) is 24.8 Å². The summed E-state index contributed by atoms with van der Waals surface area (Å²) < 4.78 is 5.84. The van der Waals surface area contributed by atoms with Crippen LogP contribution in [0.1, 0.15) is 54.8 Å². The Morgan fingerprint density at radius 1 is 1.24 bits per heavy atom. The number of esters is 1. The van der Waals surface area contributed by atoms with Crippen LogP contribution >= 0.6 is 27.7 Å². The standard InChI is InChI=1S/C25H28BrN3O4S/c1-15(30)34-14-21(19-9-7-16-13-17(26)8-10-18(16)19)25(32)28-29-23(11-12-24(31)33-2)20-5-3-4-6-22(20)27-29/h3-6,8,10,13,19,21,23,27H,7,9,11-12,14H2,1-2H3,(H,28,32). The number of amides is 1. The highest BCUT2D eigenvalue weighted by molar-refractivity contribution is 9.10. The molecule has 1 aliphatic carbocycles. The van der Waals surface area contributed by atoms with Gasteiger partial charge < -0.3 is 10.2 Å². The average molecular weight is 546 g/mol. The van der Waals surface area contributed by atoms with Crippen molar-refractivity contribution in [2.45, 2.75) is 44.6 Å². The van der Waals surface area contributed by atoms with Crippen molar-refractivity contribution in [3.63, 3.8) is 0 Å². The zero-order valence-electron chi connectivity index (χ0n) is 19.2. The number of hydrogen-bond donors (Lipinski definition) is 2. The van der Waals surface area contributed by atoms with Gasteiger partial charge in [-0.2, -0.15) is 0 Å². The van der Waals surface area contributed by atoms with Crippen molar-refractivity contribution in [3.05, 3.63) is 63.6 Å². The molecular weight excluding hydrogens is 518 g/mol. The number of carbonyl (C=O) groups excluding carboxylic acids is 3. The molecule has 0 radical (unpaired) electrons. The van der Waals surface area contributed by atoms with Gasteiger partial charge in [-0.05, 0) is 60.1 Å². The lowest BCUT2D eigenvalue weighted by Crippen LogP contribution is -2.48. The van der Waals surface area contributed by atoms with Crippen LogP contribution in [0, 0.1) is 5.92 Å². The van der Waals surface area contributed by atoms with Crippen LogP contribution in [0.4, 0.5) is 5.69 Å². The average Bonchev–Trinajstić information content (AvgIpc) is 3.38. The van der Waals surface area contributed by atoms with E-state index in [0.717, 1.165) is 28.6 Å². The molecule has 9 heteroatoms. The first-order valence-electron chi connectivity index (χ1n) is 11.3. The highest BCUT2D eigenvalue weighted by atomic mass is 79.9. The molecule has 7 nitrogen and oxygen atoms in total. The first-order chi connectivity index (χ1) is 16.4. The Balaban J connectivity index is 1.55. The highest BCUT2D eigenvalue weighted by Crippen LogP contribution is 2.42. The molecule has 1 heterocycles. The molecular formula is C25H28BrN3O4S. The fourth-order valence-electron chi connectivity index (χ4n) is 4.80. The molecule has 2 aromatic carbocycles. The number of aryl methyl sites for hydroxylation is 1. The number of carbonyl (C=O) groups is 3. The van der Waals surface area contributed by atoms with Crippen LogP contribution in [0.3, 0.4) is 0 Å².